The largest absolute Gasteiger partial charge is 0.450 e. The molecule has 1 aliphatic heterocycles. The van der Waals surface area contributed by atoms with Gasteiger partial charge in [0.25, 0.3) is 11.8 Å². The van der Waals surface area contributed by atoms with E-state index in [0.717, 1.165) is 9.80 Å². The predicted molar refractivity (Wildman–Crippen MR) is 117 cm³/mol. The molecular formula is C21H12ClFN2O3S2. The molecule has 2 heterocycles. The van der Waals surface area contributed by atoms with Gasteiger partial charge < -0.3 is 4.42 Å². The number of nitrogens with one attached hydrogen (secondary N) is 1. The summed E-state index contributed by atoms with van der Waals surface area (Å²) >= 11 is 12.3. The van der Waals surface area contributed by atoms with Gasteiger partial charge in [0.05, 0.1) is 5.69 Å². The van der Waals surface area contributed by atoms with Crippen LogP contribution in [0, 0.1) is 5.82 Å². The Morgan fingerprint density at radius 2 is 1.80 bits per heavy atom. The number of anilines is 1. The monoisotopic (exact) mass is 458 g/mol. The molecule has 1 fully saturated rings. The van der Waals surface area contributed by atoms with Gasteiger partial charge in [-0.2, -0.15) is 0 Å². The van der Waals surface area contributed by atoms with Crippen molar-refractivity contribution in [3.8, 4) is 0 Å². The number of hydrogen-bond donors (Lipinski definition) is 1. The third-order valence-electron chi connectivity index (χ3n) is 4.12. The molecule has 9 heteroatoms. The number of amides is 2. The Bertz CT molecular complexity index is 1190. The van der Waals surface area contributed by atoms with Crippen LogP contribution in [0.3, 0.4) is 0 Å². The van der Waals surface area contributed by atoms with Crippen molar-refractivity contribution < 1.29 is 18.4 Å². The number of thiocarbonyl (C=S) groups is 1. The summed E-state index contributed by atoms with van der Waals surface area (Å²) in [5, 5.41) is 3.41. The topological polar surface area (TPSA) is 62.6 Å². The van der Waals surface area contributed by atoms with E-state index in [1.165, 1.54) is 36.0 Å². The molecule has 1 N–H and O–H groups in total. The van der Waals surface area contributed by atoms with Crippen LogP contribution in [0.5, 0.6) is 0 Å². The van der Waals surface area contributed by atoms with E-state index in [9.17, 15) is 14.0 Å². The van der Waals surface area contributed by atoms with Gasteiger partial charge in [-0.25, -0.2) is 9.29 Å². The van der Waals surface area contributed by atoms with E-state index < -0.39 is 17.6 Å². The quantitative estimate of drug-likeness (QED) is 0.336. The van der Waals surface area contributed by atoms with Crippen molar-refractivity contribution in [3.05, 3.63) is 82.8 Å². The first-order valence-electron chi connectivity index (χ1n) is 8.61. The number of benzene rings is 2. The van der Waals surface area contributed by atoms with E-state index in [-0.39, 0.29) is 16.4 Å². The van der Waals surface area contributed by atoms with Gasteiger partial charge in [0, 0.05) is 9.92 Å². The van der Waals surface area contributed by atoms with Gasteiger partial charge in [0.2, 0.25) is 0 Å². The van der Waals surface area contributed by atoms with Crippen LogP contribution in [-0.4, -0.2) is 16.9 Å². The van der Waals surface area contributed by atoms with E-state index in [1.807, 2.05) is 12.1 Å². The lowest BCUT2D eigenvalue weighted by molar-refractivity contribution is -0.122. The average molecular weight is 459 g/mol. The van der Waals surface area contributed by atoms with E-state index in [2.05, 4.69) is 5.32 Å². The lowest BCUT2D eigenvalue weighted by Crippen LogP contribution is -2.54. The lowest BCUT2D eigenvalue weighted by atomic mass is 10.1. The second kappa shape index (κ2) is 8.43. The first kappa shape index (κ1) is 20.3. The molecule has 4 rings (SSSR count). The fourth-order valence-corrected chi connectivity index (χ4v) is 3.92. The highest BCUT2D eigenvalue weighted by Gasteiger charge is 2.35. The predicted octanol–water partition coefficient (Wildman–Crippen LogP) is 5.05. The van der Waals surface area contributed by atoms with Crippen molar-refractivity contribution in [2.45, 2.75) is 9.99 Å². The molecule has 0 atom stereocenters. The number of carbonyl (C=O) groups is 2. The van der Waals surface area contributed by atoms with Crippen molar-refractivity contribution >= 4 is 64.3 Å². The van der Waals surface area contributed by atoms with Gasteiger partial charge in [0.1, 0.15) is 17.2 Å². The standard InChI is InChI=1S/C21H12ClFN2O3S2/c22-12-5-8-14(9-6-12)30-18-10-7-13(28-18)11-15-19(26)24-21(29)25(20(15)27)17-4-2-1-3-16(17)23/h1-11H,(H,24,26,29)/b15-11+. The second-order valence-electron chi connectivity index (χ2n) is 6.12. The number of nitrogens with zero attached hydrogens (tertiary/aromatic N) is 1. The molecule has 0 spiro atoms. The van der Waals surface area contributed by atoms with Crippen molar-refractivity contribution in [1.29, 1.82) is 0 Å². The Hall–Kier alpha value is -2.94. The highest BCUT2D eigenvalue weighted by atomic mass is 35.5. The van der Waals surface area contributed by atoms with Gasteiger partial charge in [0.15, 0.2) is 10.2 Å². The molecule has 0 saturated carbocycles. The molecule has 2 aromatic carbocycles. The molecule has 0 aliphatic carbocycles. The smallest absolute Gasteiger partial charge is 0.270 e. The third kappa shape index (κ3) is 4.16. The molecular weight excluding hydrogens is 447 g/mol. The average Bonchev–Trinajstić information content (AvgIpc) is 3.15. The molecule has 1 saturated heterocycles. The van der Waals surface area contributed by atoms with E-state index in [4.69, 9.17) is 28.2 Å². The molecule has 150 valence electrons. The van der Waals surface area contributed by atoms with Crippen molar-refractivity contribution in [2.75, 3.05) is 4.90 Å². The van der Waals surface area contributed by atoms with Crippen molar-refractivity contribution in [1.82, 2.24) is 5.32 Å². The third-order valence-corrected chi connectivity index (χ3v) is 5.58. The Morgan fingerprint density at radius 3 is 2.53 bits per heavy atom. The Kier molecular flexibility index (Phi) is 5.72. The minimum Gasteiger partial charge on any atom is -0.450 e. The molecule has 0 radical (unpaired) electrons. The van der Waals surface area contributed by atoms with Crippen LogP contribution in [0.2, 0.25) is 5.02 Å². The summed E-state index contributed by atoms with van der Waals surface area (Å²) in [6.45, 7) is 0. The molecule has 1 aliphatic rings. The maximum atomic E-state index is 14.2. The van der Waals surface area contributed by atoms with E-state index in [0.29, 0.717) is 15.9 Å². The van der Waals surface area contributed by atoms with Crippen LogP contribution in [0.15, 0.2) is 80.6 Å². The minimum atomic E-state index is -0.739. The first-order valence-corrected chi connectivity index (χ1v) is 10.2. The Balaban J connectivity index is 1.61. The number of halogens is 2. The zero-order valence-electron chi connectivity index (χ0n) is 15.1. The lowest BCUT2D eigenvalue weighted by Gasteiger charge is -2.28. The highest BCUT2D eigenvalue weighted by Crippen LogP contribution is 2.31. The van der Waals surface area contributed by atoms with E-state index >= 15 is 0 Å². The fraction of sp³-hybridized carbons (Fsp3) is 0. The zero-order valence-corrected chi connectivity index (χ0v) is 17.5. The number of para-hydroxylation sites is 1. The van der Waals surface area contributed by atoms with Gasteiger partial charge in [-0.05, 0) is 66.8 Å². The van der Waals surface area contributed by atoms with Crippen LogP contribution >= 0.6 is 35.6 Å². The molecule has 5 nitrogen and oxygen atoms in total. The first-order chi connectivity index (χ1) is 14.4. The van der Waals surface area contributed by atoms with Crippen LogP contribution < -0.4 is 10.2 Å². The summed E-state index contributed by atoms with van der Waals surface area (Å²) in [5.41, 5.74) is -0.263. The van der Waals surface area contributed by atoms with Crippen LogP contribution in [-0.2, 0) is 9.59 Å². The summed E-state index contributed by atoms with van der Waals surface area (Å²) < 4.78 is 19.9. The SMILES string of the molecule is O=C1NC(=S)N(c2ccccc2F)C(=O)/C1=C/c1ccc(Sc2ccc(Cl)cc2)o1. The molecule has 2 amide bonds. The van der Waals surface area contributed by atoms with Gasteiger partial charge in [-0.3, -0.25) is 14.9 Å². The van der Waals surface area contributed by atoms with Gasteiger partial charge >= 0.3 is 0 Å². The molecule has 1 aromatic heterocycles. The van der Waals surface area contributed by atoms with Crippen molar-refractivity contribution in [3.63, 3.8) is 0 Å². The normalized spacial score (nSPS) is 15.6. The zero-order chi connectivity index (χ0) is 21.3. The highest BCUT2D eigenvalue weighted by molar-refractivity contribution is 7.99. The van der Waals surface area contributed by atoms with Gasteiger partial charge in [-0.1, -0.05) is 35.5 Å². The summed E-state index contributed by atoms with van der Waals surface area (Å²) in [6, 6.07) is 16.2. The van der Waals surface area contributed by atoms with Crippen LogP contribution in [0.1, 0.15) is 5.76 Å². The number of rotatable bonds is 4. The van der Waals surface area contributed by atoms with E-state index in [1.54, 1.807) is 30.3 Å². The minimum absolute atomic E-state index is 0.0446. The maximum Gasteiger partial charge on any atom is 0.270 e. The molecule has 0 unspecified atom stereocenters. The van der Waals surface area contributed by atoms with Crippen molar-refractivity contribution in [2.24, 2.45) is 0 Å². The number of hydrogen-bond acceptors (Lipinski definition) is 5. The molecule has 30 heavy (non-hydrogen) atoms. The summed E-state index contributed by atoms with van der Waals surface area (Å²) in [7, 11) is 0. The van der Waals surface area contributed by atoms with Crippen LogP contribution in [0.25, 0.3) is 6.08 Å². The Morgan fingerprint density at radius 1 is 1.07 bits per heavy atom. The summed E-state index contributed by atoms with van der Waals surface area (Å²) in [4.78, 5) is 27.1. The number of carbonyl (C=O) groups excluding carboxylic acids is 2. The molecule has 3 aromatic rings. The second-order valence-corrected chi connectivity index (χ2v) is 8.02. The maximum absolute atomic E-state index is 14.2. The summed E-state index contributed by atoms with van der Waals surface area (Å²) in [6.07, 6.45) is 1.30. The summed E-state index contributed by atoms with van der Waals surface area (Å²) in [5.74, 6) is -1.76. The fourth-order valence-electron chi connectivity index (χ4n) is 2.74. The van der Waals surface area contributed by atoms with Gasteiger partial charge in [-0.15, -0.1) is 0 Å². The molecule has 0 bridgehead atoms. The number of furan rings is 1. The Labute approximate surface area is 185 Å². The van der Waals surface area contributed by atoms with Crippen LogP contribution in [0.4, 0.5) is 10.1 Å².